The lowest BCUT2D eigenvalue weighted by Crippen LogP contribution is -2.09. The lowest BCUT2D eigenvalue weighted by molar-refractivity contribution is 1.88. The molecule has 0 atom stereocenters. The van der Waals surface area contributed by atoms with Crippen molar-refractivity contribution in [1.29, 1.82) is 0 Å². The number of halogens is 1. The van der Waals surface area contributed by atoms with Crippen LogP contribution in [0.3, 0.4) is 0 Å². The normalized spacial score (nSPS) is 12.0. The van der Waals surface area contributed by atoms with E-state index in [-0.39, 0.29) is 0 Å². The molecule has 0 saturated heterocycles. The third-order valence-electron chi connectivity index (χ3n) is 0.231. The van der Waals surface area contributed by atoms with Gasteiger partial charge < -0.3 is 0 Å². The van der Waals surface area contributed by atoms with Gasteiger partial charge in [-0.2, -0.15) is 0 Å². The van der Waals surface area contributed by atoms with Crippen molar-refractivity contribution in [3.05, 3.63) is 0 Å². The summed E-state index contributed by atoms with van der Waals surface area (Å²) in [6.07, 6.45) is 0. The molecule has 0 radical (unpaired) electrons. The molecule has 0 rings (SSSR count). The van der Waals surface area contributed by atoms with Gasteiger partial charge in [0, 0.05) is 0 Å². The van der Waals surface area contributed by atoms with Crippen molar-refractivity contribution in [2.75, 3.05) is 0 Å². The summed E-state index contributed by atoms with van der Waals surface area (Å²) in [6.45, 7) is 6.89. The van der Waals surface area contributed by atoms with Crippen LogP contribution >= 0.6 is 24.5 Å². The molecule has 0 nitrogen and oxygen atoms in total. The van der Waals surface area contributed by atoms with Gasteiger partial charge in [-0.3, -0.25) is 0 Å². The Morgan fingerprint density at radius 2 is 1.50 bits per heavy atom. The van der Waals surface area contributed by atoms with Crippen LogP contribution in [0, 0.1) is 0 Å². The maximum atomic E-state index is 3.35. The van der Waals surface area contributed by atoms with Gasteiger partial charge in [0.05, 0.1) is 0 Å². The van der Waals surface area contributed by atoms with E-state index >= 15 is 0 Å². The zero-order valence-electron chi connectivity index (χ0n) is 4.29. The van der Waals surface area contributed by atoms with Crippen LogP contribution in [0.1, 0.15) is 0 Å². The monoisotopic (exact) mass is 184 g/mol. The van der Waals surface area contributed by atoms with Crippen molar-refractivity contribution in [2.45, 2.75) is 19.6 Å². The molecule has 0 aromatic heterocycles. The average Bonchev–Trinajstić information content (AvgIpc) is 1.35. The van der Waals surface area contributed by atoms with Crippen molar-refractivity contribution in [1.82, 2.24) is 0 Å². The first-order valence-electron chi connectivity index (χ1n) is 1.86. The highest BCUT2D eigenvalue weighted by Crippen LogP contribution is 2.24. The second kappa shape index (κ2) is 2.38. The second-order valence-electron chi connectivity index (χ2n) is 2.19. The molecule has 0 bridgehead atoms. The second-order valence-corrected chi connectivity index (χ2v) is 13.6. The molecule has 6 heavy (non-hydrogen) atoms. The molecule has 0 aromatic rings. The zero-order chi connectivity index (χ0) is 5.21. The Kier molecular flexibility index (Phi) is 2.79. The summed E-state index contributed by atoms with van der Waals surface area (Å²) >= 11 is 3.35. The topological polar surface area (TPSA) is 0 Å². The average molecular weight is 185 g/mol. The molecule has 0 aliphatic rings. The van der Waals surface area contributed by atoms with Crippen LogP contribution < -0.4 is 0 Å². The third kappa shape index (κ3) is 5.05. The minimum atomic E-state index is -0.798. The standard InChI is InChI=1S/C3H9BrSSi/c1-6(2,3)5-4/h1-3H3. The maximum absolute atomic E-state index is 3.35. The van der Waals surface area contributed by atoms with Crippen LogP contribution in [-0.4, -0.2) is 7.22 Å². The molecule has 0 fully saturated rings. The molecule has 0 N–H and O–H groups in total. The molecular weight excluding hydrogens is 176 g/mol. The molecule has 0 spiro atoms. The van der Waals surface area contributed by atoms with Crippen LogP contribution in [0.5, 0.6) is 0 Å². The third-order valence-corrected chi connectivity index (χ3v) is 10.8. The van der Waals surface area contributed by atoms with Gasteiger partial charge >= 0.3 is 0 Å². The van der Waals surface area contributed by atoms with Crippen molar-refractivity contribution in [2.24, 2.45) is 0 Å². The van der Waals surface area contributed by atoms with E-state index in [2.05, 4.69) is 34.5 Å². The number of hydrogen-bond donors (Lipinski definition) is 0. The van der Waals surface area contributed by atoms with E-state index in [1.54, 1.807) is 0 Å². The highest BCUT2D eigenvalue weighted by atomic mass is 79.9. The maximum Gasteiger partial charge on any atom is 0.123 e. The molecule has 0 saturated carbocycles. The minimum Gasteiger partial charge on any atom is -0.111 e. The number of rotatable bonds is 1. The van der Waals surface area contributed by atoms with E-state index in [0.29, 0.717) is 0 Å². The Hall–Kier alpha value is 1.05. The van der Waals surface area contributed by atoms with Gasteiger partial charge in [-0.05, 0) is 14.8 Å². The zero-order valence-corrected chi connectivity index (χ0v) is 7.69. The largest absolute Gasteiger partial charge is 0.123 e. The summed E-state index contributed by atoms with van der Waals surface area (Å²) in [6, 6.07) is 0. The molecule has 0 aliphatic heterocycles. The summed E-state index contributed by atoms with van der Waals surface area (Å²) in [5, 5.41) is 0. The molecule has 0 aromatic carbocycles. The quantitative estimate of drug-likeness (QED) is 0.566. The molecule has 0 heterocycles. The predicted molar refractivity (Wildman–Crippen MR) is 39.9 cm³/mol. The van der Waals surface area contributed by atoms with E-state index in [1.165, 1.54) is 0 Å². The summed E-state index contributed by atoms with van der Waals surface area (Å²) < 4.78 is 0. The van der Waals surface area contributed by atoms with Crippen LogP contribution in [0.25, 0.3) is 0 Å². The van der Waals surface area contributed by atoms with Crippen molar-refractivity contribution in [3.63, 3.8) is 0 Å². The van der Waals surface area contributed by atoms with E-state index in [1.807, 2.05) is 9.64 Å². The fourth-order valence-electron chi connectivity index (χ4n) is 0. The van der Waals surface area contributed by atoms with Crippen LogP contribution in [0.15, 0.2) is 0 Å². The summed E-state index contributed by atoms with van der Waals surface area (Å²) in [5.41, 5.74) is 0. The van der Waals surface area contributed by atoms with Gasteiger partial charge in [0.25, 0.3) is 0 Å². The first-order chi connectivity index (χ1) is 2.56. The molecule has 0 unspecified atom stereocenters. The Morgan fingerprint density at radius 1 is 1.33 bits per heavy atom. The Morgan fingerprint density at radius 3 is 1.50 bits per heavy atom. The van der Waals surface area contributed by atoms with Crippen molar-refractivity contribution >= 4 is 31.7 Å². The highest BCUT2D eigenvalue weighted by Gasteiger charge is 2.10. The minimum absolute atomic E-state index is 0.798. The summed E-state index contributed by atoms with van der Waals surface area (Å²) in [7, 11) is 1.04. The Labute approximate surface area is 51.6 Å². The van der Waals surface area contributed by atoms with Gasteiger partial charge in [0.15, 0.2) is 0 Å². The van der Waals surface area contributed by atoms with Crippen molar-refractivity contribution < 1.29 is 0 Å². The molecule has 38 valence electrons. The fraction of sp³-hybridized carbons (Fsp3) is 1.00. The summed E-state index contributed by atoms with van der Waals surface area (Å²) in [5.74, 6) is 0. The van der Waals surface area contributed by atoms with Gasteiger partial charge in [0.1, 0.15) is 7.22 Å². The molecular formula is C3H9BrSSi. The lowest BCUT2D eigenvalue weighted by Gasteiger charge is -2.06. The van der Waals surface area contributed by atoms with Gasteiger partial charge in [-0.25, -0.2) is 0 Å². The highest BCUT2D eigenvalue weighted by molar-refractivity contribution is 9.54. The Bertz CT molecular complexity index is 40.5. The fourth-order valence-corrected chi connectivity index (χ4v) is 0. The van der Waals surface area contributed by atoms with Crippen molar-refractivity contribution in [3.8, 4) is 0 Å². The van der Waals surface area contributed by atoms with E-state index in [4.69, 9.17) is 0 Å². The van der Waals surface area contributed by atoms with Crippen LogP contribution in [-0.2, 0) is 0 Å². The first kappa shape index (κ1) is 7.05. The van der Waals surface area contributed by atoms with E-state index in [0.717, 1.165) is 0 Å². The Balaban J connectivity index is 3.17. The predicted octanol–water partition coefficient (Wildman–Crippen LogP) is 2.86. The smallest absolute Gasteiger partial charge is 0.111 e. The van der Waals surface area contributed by atoms with Crippen LogP contribution in [0.2, 0.25) is 19.6 Å². The van der Waals surface area contributed by atoms with E-state index < -0.39 is 7.22 Å². The van der Waals surface area contributed by atoms with Gasteiger partial charge in [0.2, 0.25) is 0 Å². The number of hydrogen-bond acceptors (Lipinski definition) is 1. The van der Waals surface area contributed by atoms with Crippen LogP contribution in [0.4, 0.5) is 0 Å². The van der Waals surface area contributed by atoms with Gasteiger partial charge in [-0.15, -0.1) is 9.64 Å². The SMILES string of the molecule is C[Si](C)(C)SBr. The summed E-state index contributed by atoms with van der Waals surface area (Å²) in [4.78, 5) is 0. The van der Waals surface area contributed by atoms with E-state index in [9.17, 15) is 0 Å². The molecule has 0 aliphatic carbocycles. The lowest BCUT2D eigenvalue weighted by atomic mass is 11.8. The first-order valence-corrected chi connectivity index (χ1v) is 8.74. The van der Waals surface area contributed by atoms with Gasteiger partial charge in [-0.1, -0.05) is 19.6 Å². The molecule has 0 amide bonds. The molecule has 3 heteroatoms.